The SMILES string of the molecule is C1=CCC=C1.C1=CCC=C1.ClC(Cl)(Cl)Cl.[Fe].[Pd]. The first-order chi connectivity index (χ1) is 7.00. The van der Waals surface area contributed by atoms with Crippen molar-refractivity contribution >= 4 is 46.4 Å². The molecule has 0 aromatic heterocycles. The molecule has 2 aliphatic rings. The third-order valence-electron chi connectivity index (χ3n) is 1.31. The average Bonchev–Trinajstić information content (AvgIpc) is 2.81. The van der Waals surface area contributed by atoms with Gasteiger partial charge in [-0.3, -0.25) is 0 Å². The first-order valence-electron chi connectivity index (χ1n) is 4.39. The van der Waals surface area contributed by atoms with E-state index in [1.165, 1.54) is 0 Å². The number of hydrogen-bond acceptors (Lipinski definition) is 0. The molecule has 0 nitrogen and oxygen atoms in total. The molecule has 0 saturated heterocycles. The van der Waals surface area contributed by atoms with Gasteiger partial charge in [-0.1, -0.05) is 95.0 Å². The van der Waals surface area contributed by atoms with Crippen LogP contribution in [0.3, 0.4) is 0 Å². The average molecular weight is 448 g/mol. The van der Waals surface area contributed by atoms with E-state index in [0.29, 0.717) is 0 Å². The van der Waals surface area contributed by atoms with E-state index in [0.717, 1.165) is 12.8 Å². The first kappa shape index (κ1) is 23.4. The minimum atomic E-state index is -1.61. The Labute approximate surface area is 147 Å². The van der Waals surface area contributed by atoms with Gasteiger partial charge in [0, 0.05) is 37.5 Å². The Hall–Kier alpha value is 1.30. The molecule has 0 fully saturated rings. The van der Waals surface area contributed by atoms with Crippen LogP contribution >= 0.6 is 46.4 Å². The molecule has 0 saturated carbocycles. The molecule has 17 heavy (non-hydrogen) atoms. The van der Waals surface area contributed by atoms with Crippen molar-refractivity contribution in [1.29, 1.82) is 0 Å². The van der Waals surface area contributed by atoms with E-state index in [2.05, 4.69) is 48.6 Å². The number of halogens is 4. The summed E-state index contributed by atoms with van der Waals surface area (Å²) in [5.74, 6) is 0. The van der Waals surface area contributed by atoms with E-state index in [1.54, 1.807) is 0 Å². The van der Waals surface area contributed by atoms with Crippen LogP contribution in [0.2, 0.25) is 0 Å². The minimum Gasteiger partial charge on any atom is -0.0808 e. The summed E-state index contributed by atoms with van der Waals surface area (Å²) in [6.45, 7) is 0. The fourth-order valence-electron chi connectivity index (χ4n) is 0.786. The van der Waals surface area contributed by atoms with Crippen molar-refractivity contribution in [3.8, 4) is 0 Å². The summed E-state index contributed by atoms with van der Waals surface area (Å²) in [6, 6.07) is 0. The van der Waals surface area contributed by atoms with Crippen molar-refractivity contribution in [2.45, 2.75) is 16.1 Å². The topological polar surface area (TPSA) is 0 Å². The molecule has 0 radical (unpaired) electrons. The predicted molar refractivity (Wildman–Crippen MR) is 71.9 cm³/mol. The van der Waals surface area contributed by atoms with E-state index in [4.69, 9.17) is 46.4 Å². The Balaban J connectivity index is -0.000000163. The van der Waals surface area contributed by atoms with E-state index < -0.39 is 3.25 Å². The van der Waals surface area contributed by atoms with E-state index in [-0.39, 0.29) is 37.5 Å². The second-order valence-electron chi connectivity index (χ2n) is 2.61. The molecular formula is C11H12Cl4FePd. The van der Waals surface area contributed by atoms with Gasteiger partial charge in [-0.2, -0.15) is 0 Å². The minimum absolute atomic E-state index is 0. The zero-order valence-electron chi connectivity index (χ0n) is 8.71. The van der Waals surface area contributed by atoms with E-state index in [1.807, 2.05) is 0 Å². The van der Waals surface area contributed by atoms with E-state index >= 15 is 0 Å². The number of rotatable bonds is 0. The van der Waals surface area contributed by atoms with Gasteiger partial charge in [0.05, 0.1) is 0 Å². The molecule has 0 unspecified atom stereocenters. The number of hydrogen-bond donors (Lipinski definition) is 0. The van der Waals surface area contributed by atoms with Gasteiger partial charge in [0.25, 0.3) is 3.25 Å². The second-order valence-corrected chi connectivity index (χ2v) is 6.04. The Bertz CT molecular complexity index is 219. The Morgan fingerprint density at radius 3 is 0.882 bits per heavy atom. The van der Waals surface area contributed by atoms with Gasteiger partial charge >= 0.3 is 0 Å². The zero-order chi connectivity index (χ0) is 11.6. The fourth-order valence-corrected chi connectivity index (χ4v) is 0.786. The van der Waals surface area contributed by atoms with Crippen LogP contribution in [-0.4, -0.2) is 3.25 Å². The Kier molecular flexibility index (Phi) is 21.1. The molecule has 0 amide bonds. The molecule has 2 aliphatic carbocycles. The van der Waals surface area contributed by atoms with Crippen molar-refractivity contribution in [3.05, 3.63) is 48.6 Å². The molecule has 0 atom stereocenters. The van der Waals surface area contributed by atoms with Gasteiger partial charge in [-0.15, -0.1) is 0 Å². The second kappa shape index (κ2) is 15.4. The molecule has 0 aliphatic heterocycles. The standard InChI is InChI=1S/2C5H6.CCl4.Fe.Pd/c2*1-2-4-5-3-1;2-1(3,4)5;;/h2*1-4H,5H2;;;. The summed E-state index contributed by atoms with van der Waals surface area (Å²) in [7, 11) is 0. The normalized spacial score (nSPS) is 13.9. The molecular weight excluding hydrogens is 436 g/mol. The summed E-state index contributed by atoms with van der Waals surface area (Å²) in [4.78, 5) is 0. The van der Waals surface area contributed by atoms with Gasteiger partial charge in [-0.05, 0) is 12.8 Å². The molecule has 0 bridgehead atoms. The van der Waals surface area contributed by atoms with Crippen LogP contribution in [0.4, 0.5) is 0 Å². The first-order valence-corrected chi connectivity index (χ1v) is 5.90. The van der Waals surface area contributed by atoms with Gasteiger partial charge in [0.1, 0.15) is 0 Å². The van der Waals surface area contributed by atoms with Crippen LogP contribution in [0.25, 0.3) is 0 Å². The van der Waals surface area contributed by atoms with Crippen LogP contribution in [0.5, 0.6) is 0 Å². The van der Waals surface area contributed by atoms with Crippen molar-refractivity contribution < 1.29 is 37.5 Å². The third-order valence-corrected chi connectivity index (χ3v) is 1.31. The Morgan fingerprint density at radius 1 is 0.647 bits per heavy atom. The predicted octanol–water partition coefficient (Wildman–Crippen LogP) is 5.55. The van der Waals surface area contributed by atoms with Crippen molar-refractivity contribution in [3.63, 3.8) is 0 Å². The summed E-state index contributed by atoms with van der Waals surface area (Å²) in [6.07, 6.45) is 19.0. The van der Waals surface area contributed by atoms with Crippen molar-refractivity contribution in [2.75, 3.05) is 0 Å². The molecule has 0 N–H and O–H groups in total. The fraction of sp³-hybridized carbons (Fsp3) is 0.273. The smallest absolute Gasteiger partial charge is 0.0808 e. The quantitative estimate of drug-likeness (QED) is 0.337. The van der Waals surface area contributed by atoms with Crippen LogP contribution in [0.1, 0.15) is 12.8 Å². The van der Waals surface area contributed by atoms with E-state index in [9.17, 15) is 0 Å². The molecule has 0 heterocycles. The van der Waals surface area contributed by atoms with Crippen LogP contribution < -0.4 is 0 Å². The molecule has 6 heteroatoms. The summed E-state index contributed by atoms with van der Waals surface area (Å²) < 4.78 is -1.61. The van der Waals surface area contributed by atoms with Gasteiger partial charge < -0.3 is 0 Å². The van der Waals surface area contributed by atoms with Crippen molar-refractivity contribution in [2.24, 2.45) is 0 Å². The van der Waals surface area contributed by atoms with Gasteiger partial charge in [0.2, 0.25) is 0 Å². The molecule has 0 aromatic carbocycles. The summed E-state index contributed by atoms with van der Waals surface area (Å²) in [5, 5.41) is 0. The maximum atomic E-state index is 4.83. The Morgan fingerprint density at radius 2 is 0.824 bits per heavy atom. The van der Waals surface area contributed by atoms with Gasteiger partial charge in [0.15, 0.2) is 0 Å². The molecule has 0 spiro atoms. The molecule has 102 valence electrons. The van der Waals surface area contributed by atoms with Crippen LogP contribution in [-0.2, 0) is 37.5 Å². The molecule has 2 rings (SSSR count). The van der Waals surface area contributed by atoms with Crippen LogP contribution in [0.15, 0.2) is 48.6 Å². The zero-order valence-corrected chi connectivity index (χ0v) is 14.4. The summed E-state index contributed by atoms with van der Waals surface area (Å²) >= 11 is 19.3. The summed E-state index contributed by atoms with van der Waals surface area (Å²) in [5.41, 5.74) is 0. The third kappa shape index (κ3) is 31.7. The largest absolute Gasteiger partial charge is 0.266 e. The maximum absolute atomic E-state index is 4.83. The number of alkyl halides is 4. The molecule has 0 aromatic rings. The maximum Gasteiger partial charge on any atom is 0.266 e. The van der Waals surface area contributed by atoms with Gasteiger partial charge in [-0.25, -0.2) is 0 Å². The number of allylic oxidation sites excluding steroid dienone is 8. The monoisotopic (exact) mass is 446 g/mol. The van der Waals surface area contributed by atoms with Crippen molar-refractivity contribution in [1.82, 2.24) is 0 Å². The van der Waals surface area contributed by atoms with Crippen LogP contribution in [0, 0.1) is 0 Å².